The summed E-state index contributed by atoms with van der Waals surface area (Å²) >= 11 is 0. The molecule has 3 amide bonds. The zero-order valence-electron chi connectivity index (χ0n) is 19.0. The predicted octanol–water partition coefficient (Wildman–Crippen LogP) is 5.98. The van der Waals surface area contributed by atoms with Crippen LogP contribution in [-0.4, -0.2) is 36.3 Å². The van der Waals surface area contributed by atoms with Crippen LogP contribution in [0.2, 0.25) is 0 Å². The average Bonchev–Trinajstić information content (AvgIpc) is 2.81. The Morgan fingerprint density at radius 2 is 1.74 bits per heavy atom. The quantitative estimate of drug-likeness (QED) is 0.469. The van der Waals surface area contributed by atoms with E-state index in [-0.39, 0.29) is 24.2 Å². The number of ether oxygens (including phenoxy) is 1. The van der Waals surface area contributed by atoms with E-state index in [2.05, 4.69) is 10.1 Å². The van der Waals surface area contributed by atoms with Gasteiger partial charge in [-0.3, -0.25) is 9.69 Å². The van der Waals surface area contributed by atoms with Crippen LogP contribution in [0.5, 0.6) is 5.75 Å². The molecule has 0 bridgehead atoms. The second kappa shape index (κ2) is 10.1. The molecule has 1 saturated heterocycles. The highest BCUT2D eigenvalue weighted by molar-refractivity contribution is 6.07. The summed E-state index contributed by atoms with van der Waals surface area (Å²) in [5, 5.41) is 2.90. The first-order valence-electron chi connectivity index (χ1n) is 11.1. The molecule has 9 heteroatoms. The molecular formula is C26H24F3N3O3. The van der Waals surface area contributed by atoms with Crippen LogP contribution in [0.1, 0.15) is 27.9 Å². The molecule has 0 saturated carbocycles. The van der Waals surface area contributed by atoms with Crippen LogP contribution >= 0.6 is 0 Å². The summed E-state index contributed by atoms with van der Waals surface area (Å²) < 4.78 is 41.1. The molecular weight excluding hydrogens is 459 g/mol. The van der Waals surface area contributed by atoms with Crippen molar-refractivity contribution in [3.63, 3.8) is 0 Å². The van der Waals surface area contributed by atoms with Crippen molar-refractivity contribution in [3.8, 4) is 5.75 Å². The van der Waals surface area contributed by atoms with E-state index in [1.165, 1.54) is 24.3 Å². The van der Waals surface area contributed by atoms with Gasteiger partial charge in [0, 0.05) is 25.2 Å². The van der Waals surface area contributed by atoms with Crippen molar-refractivity contribution in [2.24, 2.45) is 0 Å². The maximum Gasteiger partial charge on any atom is 0.573 e. The topological polar surface area (TPSA) is 61.9 Å². The van der Waals surface area contributed by atoms with Crippen molar-refractivity contribution in [1.82, 2.24) is 4.90 Å². The lowest BCUT2D eigenvalue weighted by molar-refractivity contribution is -0.274. The molecule has 3 aromatic carbocycles. The molecule has 0 atom stereocenters. The average molecular weight is 483 g/mol. The second-order valence-electron chi connectivity index (χ2n) is 8.24. The SMILES string of the molecule is Cc1cccc(C(=O)Nc2ccccc2N2CCCN(Cc3ccc(OC(F)(F)F)cc3)C2=O)c1. The van der Waals surface area contributed by atoms with E-state index in [9.17, 15) is 22.8 Å². The minimum Gasteiger partial charge on any atom is -0.406 e. The number of hydrogen-bond donors (Lipinski definition) is 1. The van der Waals surface area contributed by atoms with Crippen LogP contribution in [0.15, 0.2) is 72.8 Å². The highest BCUT2D eigenvalue weighted by Crippen LogP contribution is 2.30. The number of hydrogen-bond acceptors (Lipinski definition) is 3. The van der Waals surface area contributed by atoms with Crippen LogP contribution < -0.4 is 15.0 Å². The predicted molar refractivity (Wildman–Crippen MR) is 126 cm³/mol. The minimum absolute atomic E-state index is 0.236. The lowest BCUT2D eigenvalue weighted by Crippen LogP contribution is -2.49. The number of carbonyl (C=O) groups is 2. The summed E-state index contributed by atoms with van der Waals surface area (Å²) in [7, 11) is 0. The summed E-state index contributed by atoms with van der Waals surface area (Å²) in [4.78, 5) is 29.3. The molecule has 0 radical (unpaired) electrons. The molecule has 3 aromatic rings. The Hall–Kier alpha value is -4.01. The third-order valence-electron chi connectivity index (χ3n) is 5.56. The van der Waals surface area contributed by atoms with Gasteiger partial charge in [-0.25, -0.2) is 4.79 Å². The van der Waals surface area contributed by atoms with E-state index in [1.54, 1.807) is 46.2 Å². The number of nitrogens with zero attached hydrogens (tertiary/aromatic N) is 2. The third-order valence-corrected chi connectivity index (χ3v) is 5.56. The maximum absolute atomic E-state index is 13.3. The third kappa shape index (κ3) is 6.11. The molecule has 6 nitrogen and oxygen atoms in total. The van der Waals surface area contributed by atoms with Crippen LogP contribution in [0.4, 0.5) is 29.3 Å². The molecule has 35 heavy (non-hydrogen) atoms. The Bertz CT molecular complexity index is 1210. The van der Waals surface area contributed by atoms with E-state index in [0.29, 0.717) is 42.0 Å². The van der Waals surface area contributed by atoms with Gasteiger partial charge in [0.05, 0.1) is 11.4 Å². The van der Waals surface area contributed by atoms with Gasteiger partial charge in [-0.1, -0.05) is 42.0 Å². The van der Waals surface area contributed by atoms with E-state index in [4.69, 9.17) is 0 Å². The van der Waals surface area contributed by atoms with Gasteiger partial charge in [0.2, 0.25) is 0 Å². The monoisotopic (exact) mass is 483 g/mol. The maximum atomic E-state index is 13.3. The number of benzene rings is 3. The molecule has 1 aliphatic heterocycles. The van der Waals surface area contributed by atoms with E-state index in [1.807, 2.05) is 19.1 Å². The van der Waals surface area contributed by atoms with Crippen LogP contribution in [-0.2, 0) is 6.54 Å². The standard InChI is InChI=1S/C26H24F3N3O3/c1-18-6-4-7-20(16-18)24(33)30-22-8-2-3-9-23(22)32-15-5-14-31(25(32)34)17-19-10-12-21(13-11-19)35-26(27,28)29/h2-4,6-13,16H,5,14-15,17H2,1H3,(H,30,33). The molecule has 1 aliphatic rings. The highest BCUT2D eigenvalue weighted by Gasteiger charge is 2.31. The van der Waals surface area contributed by atoms with Crippen LogP contribution in [0.25, 0.3) is 0 Å². The van der Waals surface area contributed by atoms with Gasteiger partial charge in [-0.2, -0.15) is 0 Å². The van der Waals surface area contributed by atoms with Crippen molar-refractivity contribution in [1.29, 1.82) is 0 Å². The number of alkyl halides is 3. The van der Waals surface area contributed by atoms with Crippen molar-refractivity contribution >= 4 is 23.3 Å². The molecule has 0 aliphatic carbocycles. The Morgan fingerprint density at radius 3 is 2.46 bits per heavy atom. The molecule has 1 heterocycles. The highest BCUT2D eigenvalue weighted by atomic mass is 19.4. The number of amides is 3. The molecule has 4 rings (SSSR count). The summed E-state index contributed by atoms with van der Waals surface area (Å²) in [6.07, 6.45) is -4.06. The number of carbonyl (C=O) groups excluding carboxylic acids is 2. The van der Waals surface area contributed by atoms with Gasteiger partial charge < -0.3 is 15.0 Å². The van der Waals surface area contributed by atoms with E-state index in [0.717, 1.165) is 5.56 Å². The number of nitrogens with one attached hydrogen (secondary N) is 1. The number of halogens is 3. The summed E-state index contributed by atoms with van der Waals surface area (Å²) in [6.45, 7) is 3.13. The number of para-hydroxylation sites is 2. The lowest BCUT2D eigenvalue weighted by Gasteiger charge is -2.36. The first-order chi connectivity index (χ1) is 16.7. The van der Waals surface area contributed by atoms with Crippen molar-refractivity contribution in [3.05, 3.63) is 89.5 Å². The Labute approximate surface area is 200 Å². The fourth-order valence-electron chi connectivity index (χ4n) is 3.96. The Morgan fingerprint density at radius 1 is 1.00 bits per heavy atom. The van der Waals surface area contributed by atoms with Gasteiger partial charge >= 0.3 is 12.4 Å². The van der Waals surface area contributed by atoms with Gasteiger partial charge in [-0.05, 0) is 55.3 Å². The number of aryl methyl sites for hydroxylation is 1. The Balaban J connectivity index is 1.48. The fraction of sp³-hybridized carbons (Fsp3) is 0.231. The van der Waals surface area contributed by atoms with Crippen LogP contribution in [0.3, 0.4) is 0 Å². The molecule has 1 N–H and O–H groups in total. The van der Waals surface area contributed by atoms with Crippen LogP contribution in [0, 0.1) is 6.92 Å². The van der Waals surface area contributed by atoms with Crippen molar-refractivity contribution < 1.29 is 27.5 Å². The molecule has 0 aromatic heterocycles. The Kier molecular flexibility index (Phi) is 6.95. The van der Waals surface area contributed by atoms with Crippen molar-refractivity contribution in [2.45, 2.75) is 26.3 Å². The van der Waals surface area contributed by atoms with Gasteiger partial charge in [0.25, 0.3) is 5.91 Å². The first kappa shape index (κ1) is 24.1. The number of rotatable bonds is 6. The normalized spacial score (nSPS) is 14.1. The van der Waals surface area contributed by atoms with Gasteiger partial charge in [0.15, 0.2) is 0 Å². The summed E-state index contributed by atoms with van der Waals surface area (Å²) in [6, 6.07) is 19.5. The number of anilines is 2. The van der Waals surface area contributed by atoms with Gasteiger partial charge in [-0.15, -0.1) is 13.2 Å². The minimum atomic E-state index is -4.76. The summed E-state index contributed by atoms with van der Waals surface area (Å²) in [5.41, 5.74) is 3.26. The van der Waals surface area contributed by atoms with E-state index >= 15 is 0 Å². The molecule has 0 unspecified atom stereocenters. The molecule has 182 valence electrons. The second-order valence-corrected chi connectivity index (χ2v) is 8.24. The smallest absolute Gasteiger partial charge is 0.406 e. The number of urea groups is 1. The van der Waals surface area contributed by atoms with Crippen molar-refractivity contribution in [2.75, 3.05) is 23.3 Å². The lowest BCUT2D eigenvalue weighted by atomic mass is 10.1. The first-order valence-corrected chi connectivity index (χ1v) is 11.1. The fourth-order valence-corrected chi connectivity index (χ4v) is 3.96. The molecule has 1 fully saturated rings. The zero-order chi connectivity index (χ0) is 25.0. The van der Waals surface area contributed by atoms with Gasteiger partial charge in [0.1, 0.15) is 5.75 Å². The molecule has 0 spiro atoms. The summed E-state index contributed by atoms with van der Waals surface area (Å²) in [5.74, 6) is -0.588. The largest absolute Gasteiger partial charge is 0.573 e. The zero-order valence-corrected chi connectivity index (χ0v) is 19.0. The van der Waals surface area contributed by atoms with E-state index < -0.39 is 6.36 Å².